The maximum Gasteiger partial charge on any atom is 0.131 e. The number of thiophene rings is 1. The second kappa shape index (κ2) is 9.23. The van der Waals surface area contributed by atoms with E-state index in [1.54, 1.807) is 35.5 Å². The number of hydrogen-bond acceptors (Lipinski definition) is 5. The van der Waals surface area contributed by atoms with E-state index in [0.29, 0.717) is 15.9 Å². The summed E-state index contributed by atoms with van der Waals surface area (Å²) < 4.78 is 1.26. The molecule has 3 heterocycles. The van der Waals surface area contributed by atoms with E-state index in [-0.39, 0.29) is 0 Å². The van der Waals surface area contributed by atoms with E-state index >= 15 is 0 Å². The molecule has 5 rings (SSSR count). The summed E-state index contributed by atoms with van der Waals surface area (Å²) in [5.74, 6) is 0.505. The van der Waals surface area contributed by atoms with Crippen molar-refractivity contribution in [2.24, 2.45) is 0 Å². The van der Waals surface area contributed by atoms with Gasteiger partial charge in [-0.3, -0.25) is 0 Å². The number of pyridine rings is 2. The zero-order chi connectivity index (χ0) is 21.1. The molecule has 0 fully saturated rings. The number of aromatic nitrogens is 2. The van der Waals surface area contributed by atoms with Crippen molar-refractivity contribution < 1.29 is 0 Å². The molecule has 0 aliphatic carbocycles. The van der Waals surface area contributed by atoms with Gasteiger partial charge in [-0.05, 0) is 36.1 Å². The molecule has 0 aliphatic heterocycles. The van der Waals surface area contributed by atoms with Gasteiger partial charge in [-0.25, -0.2) is 9.97 Å². The molecule has 0 saturated carbocycles. The molecule has 0 bridgehead atoms. The van der Waals surface area contributed by atoms with E-state index in [4.69, 9.17) is 28.9 Å². The molecule has 150 valence electrons. The first-order valence-corrected chi connectivity index (χ1v) is 11.8. The van der Waals surface area contributed by atoms with Gasteiger partial charge >= 0.3 is 0 Å². The Morgan fingerprint density at radius 1 is 0.833 bits per heavy atom. The van der Waals surface area contributed by atoms with Crippen LogP contribution < -0.4 is 5.73 Å². The van der Waals surface area contributed by atoms with Gasteiger partial charge in [-0.1, -0.05) is 59.6 Å². The summed E-state index contributed by atoms with van der Waals surface area (Å²) in [7, 11) is 0. The van der Waals surface area contributed by atoms with Crippen LogP contribution in [0.3, 0.4) is 0 Å². The van der Waals surface area contributed by atoms with Gasteiger partial charge in [0, 0.05) is 38.3 Å². The third-order valence-electron chi connectivity index (χ3n) is 4.48. The third kappa shape index (κ3) is 4.40. The summed E-state index contributed by atoms with van der Waals surface area (Å²) in [6.45, 7) is 0. The quantitative estimate of drug-likeness (QED) is 0.267. The van der Waals surface area contributed by atoms with Crippen molar-refractivity contribution in [2.75, 3.05) is 12.0 Å². The molecular weight excluding hydrogens is 453 g/mol. The predicted octanol–water partition coefficient (Wildman–Crippen LogP) is 7.81. The SMILES string of the molecule is CSc1ccccc1-c1cc(Cl)cnc1N.Clc1cnc2sc3ccccc3c2c1. The molecule has 0 unspecified atom stereocenters. The lowest BCUT2D eigenvalue weighted by molar-refractivity contribution is 1.32. The molecular formula is C23H17Cl2N3S2. The number of anilines is 1. The summed E-state index contributed by atoms with van der Waals surface area (Å²) in [6, 6.07) is 20.2. The molecule has 5 aromatic rings. The molecule has 2 aromatic carbocycles. The number of rotatable bonds is 2. The van der Waals surface area contributed by atoms with E-state index < -0.39 is 0 Å². The normalized spacial score (nSPS) is 10.8. The minimum absolute atomic E-state index is 0.505. The van der Waals surface area contributed by atoms with Crippen LogP contribution in [0.5, 0.6) is 0 Å². The highest BCUT2D eigenvalue weighted by molar-refractivity contribution is 7.98. The molecule has 0 saturated heterocycles. The highest BCUT2D eigenvalue weighted by Gasteiger charge is 2.08. The van der Waals surface area contributed by atoms with Crippen molar-refractivity contribution in [1.82, 2.24) is 9.97 Å². The van der Waals surface area contributed by atoms with Gasteiger partial charge in [-0.2, -0.15) is 0 Å². The van der Waals surface area contributed by atoms with Gasteiger partial charge in [0.2, 0.25) is 0 Å². The average molecular weight is 470 g/mol. The Morgan fingerprint density at radius 2 is 1.53 bits per heavy atom. The molecule has 7 heteroatoms. The van der Waals surface area contributed by atoms with Crippen molar-refractivity contribution in [1.29, 1.82) is 0 Å². The van der Waals surface area contributed by atoms with Crippen molar-refractivity contribution in [3.63, 3.8) is 0 Å². The number of benzene rings is 2. The van der Waals surface area contributed by atoms with Crippen LogP contribution in [0.2, 0.25) is 10.0 Å². The topological polar surface area (TPSA) is 51.8 Å². The fourth-order valence-electron chi connectivity index (χ4n) is 3.12. The van der Waals surface area contributed by atoms with Gasteiger partial charge in [0.05, 0.1) is 10.0 Å². The van der Waals surface area contributed by atoms with Gasteiger partial charge in [-0.15, -0.1) is 23.1 Å². The van der Waals surface area contributed by atoms with Gasteiger partial charge < -0.3 is 5.73 Å². The number of fused-ring (bicyclic) bond motifs is 3. The number of halogens is 2. The number of thioether (sulfide) groups is 1. The summed E-state index contributed by atoms with van der Waals surface area (Å²) in [5, 5.41) is 3.68. The molecule has 0 radical (unpaired) electrons. The van der Waals surface area contributed by atoms with Crippen LogP contribution in [0.15, 0.2) is 78.0 Å². The van der Waals surface area contributed by atoms with Gasteiger partial charge in [0.1, 0.15) is 10.6 Å². The zero-order valence-electron chi connectivity index (χ0n) is 16.0. The fraction of sp³-hybridized carbons (Fsp3) is 0.0435. The van der Waals surface area contributed by atoms with Crippen LogP contribution in [0, 0.1) is 0 Å². The van der Waals surface area contributed by atoms with Crippen LogP contribution in [-0.4, -0.2) is 16.2 Å². The number of nitrogens with two attached hydrogens (primary N) is 1. The molecule has 0 aliphatic rings. The largest absolute Gasteiger partial charge is 0.383 e. The lowest BCUT2D eigenvalue weighted by Crippen LogP contribution is -1.94. The summed E-state index contributed by atoms with van der Waals surface area (Å²) in [6.07, 6.45) is 5.29. The molecule has 30 heavy (non-hydrogen) atoms. The molecule has 0 amide bonds. The summed E-state index contributed by atoms with van der Waals surface area (Å²) >= 11 is 15.2. The second-order valence-electron chi connectivity index (χ2n) is 6.39. The van der Waals surface area contributed by atoms with E-state index in [1.807, 2.05) is 48.7 Å². The average Bonchev–Trinajstić information content (AvgIpc) is 3.14. The smallest absolute Gasteiger partial charge is 0.131 e. The van der Waals surface area contributed by atoms with Crippen LogP contribution >= 0.6 is 46.3 Å². The maximum absolute atomic E-state index is 5.94. The highest BCUT2D eigenvalue weighted by Crippen LogP contribution is 2.34. The molecule has 3 nitrogen and oxygen atoms in total. The number of hydrogen-bond donors (Lipinski definition) is 1. The maximum atomic E-state index is 5.94. The van der Waals surface area contributed by atoms with Crippen LogP contribution in [-0.2, 0) is 0 Å². The Labute approximate surface area is 192 Å². The lowest BCUT2D eigenvalue weighted by Gasteiger charge is -2.09. The van der Waals surface area contributed by atoms with Crippen molar-refractivity contribution in [3.05, 3.63) is 83.1 Å². The minimum Gasteiger partial charge on any atom is -0.383 e. The standard InChI is InChI=1S/C12H11ClN2S.C11H6ClNS/c1-16-11-5-3-2-4-9(11)10-6-8(13)7-15-12(10)14;12-7-5-9-8-3-1-2-4-10(8)14-11(9)13-6-7/h2-7H,1H3,(H2,14,15);1-6H. The Hall–Kier alpha value is -2.31. The van der Waals surface area contributed by atoms with Crippen LogP contribution in [0.4, 0.5) is 5.82 Å². The molecule has 0 spiro atoms. The Morgan fingerprint density at radius 3 is 2.37 bits per heavy atom. The van der Waals surface area contributed by atoms with Gasteiger partial charge in [0.15, 0.2) is 0 Å². The Kier molecular flexibility index (Phi) is 6.44. The monoisotopic (exact) mass is 469 g/mol. The van der Waals surface area contributed by atoms with E-state index in [2.05, 4.69) is 28.2 Å². The first kappa shape index (κ1) is 20.9. The van der Waals surface area contributed by atoms with Crippen LogP contribution in [0.1, 0.15) is 0 Å². The van der Waals surface area contributed by atoms with E-state index in [1.165, 1.54) is 15.0 Å². The lowest BCUT2D eigenvalue weighted by atomic mass is 10.1. The highest BCUT2D eigenvalue weighted by atomic mass is 35.5. The second-order valence-corrected chi connectivity index (χ2v) is 9.14. The van der Waals surface area contributed by atoms with Crippen molar-refractivity contribution in [3.8, 4) is 11.1 Å². The van der Waals surface area contributed by atoms with E-state index in [9.17, 15) is 0 Å². The summed E-state index contributed by atoms with van der Waals surface area (Å²) in [5.41, 5.74) is 7.82. The summed E-state index contributed by atoms with van der Waals surface area (Å²) in [4.78, 5) is 10.6. The molecule has 3 aromatic heterocycles. The fourth-order valence-corrected chi connectivity index (χ4v) is 5.07. The molecule has 0 atom stereocenters. The molecule has 2 N–H and O–H groups in total. The predicted molar refractivity (Wildman–Crippen MR) is 133 cm³/mol. The third-order valence-corrected chi connectivity index (χ3v) is 6.79. The van der Waals surface area contributed by atoms with Crippen LogP contribution in [0.25, 0.3) is 31.4 Å². The zero-order valence-corrected chi connectivity index (χ0v) is 19.1. The Bertz CT molecular complexity index is 1330. The van der Waals surface area contributed by atoms with E-state index in [0.717, 1.165) is 21.3 Å². The van der Waals surface area contributed by atoms with Crippen molar-refractivity contribution >= 4 is 72.4 Å². The Balaban J connectivity index is 0.000000146. The number of nitrogen functional groups attached to an aromatic ring is 1. The minimum atomic E-state index is 0.505. The number of nitrogens with zero attached hydrogens (tertiary/aromatic N) is 2. The first-order chi connectivity index (χ1) is 14.6. The van der Waals surface area contributed by atoms with Gasteiger partial charge in [0.25, 0.3) is 0 Å². The van der Waals surface area contributed by atoms with Crippen molar-refractivity contribution in [2.45, 2.75) is 4.90 Å². The first-order valence-electron chi connectivity index (χ1n) is 9.04.